The summed E-state index contributed by atoms with van der Waals surface area (Å²) >= 11 is 1.58. The summed E-state index contributed by atoms with van der Waals surface area (Å²) in [6.45, 7) is 4.46. The van der Waals surface area contributed by atoms with Crippen molar-refractivity contribution in [3.8, 4) is 10.6 Å². The van der Waals surface area contributed by atoms with E-state index >= 15 is 0 Å². The number of hydrogen-bond acceptors (Lipinski definition) is 4. The predicted molar refractivity (Wildman–Crippen MR) is 96.8 cm³/mol. The molecule has 5 heteroatoms. The molecule has 0 bridgehead atoms. The highest BCUT2D eigenvalue weighted by Crippen LogP contribution is 2.28. The number of nitrogens with one attached hydrogen (secondary N) is 1. The minimum atomic E-state index is -0.0112. The monoisotopic (exact) mass is 337 g/mol. The van der Waals surface area contributed by atoms with E-state index in [0.29, 0.717) is 13.0 Å². The van der Waals surface area contributed by atoms with Crippen LogP contribution in [0.3, 0.4) is 0 Å². The molecule has 1 N–H and O–H groups in total. The number of rotatable bonds is 5. The number of aromatic nitrogens is 2. The van der Waals surface area contributed by atoms with E-state index in [4.69, 9.17) is 0 Å². The molecule has 0 unspecified atom stereocenters. The summed E-state index contributed by atoms with van der Waals surface area (Å²) in [5.41, 5.74) is 4.09. The third-order valence-electron chi connectivity index (χ3n) is 3.71. The number of amides is 1. The Hall–Kier alpha value is -2.53. The fraction of sp³-hybridized carbons (Fsp3) is 0.211. The Morgan fingerprint density at radius 1 is 1.12 bits per heavy atom. The summed E-state index contributed by atoms with van der Waals surface area (Å²) in [7, 11) is 0. The number of nitrogens with zero attached hydrogens (tertiary/aromatic N) is 2. The van der Waals surface area contributed by atoms with Gasteiger partial charge in [-0.3, -0.25) is 9.78 Å². The van der Waals surface area contributed by atoms with Crippen LogP contribution in [-0.4, -0.2) is 15.9 Å². The summed E-state index contributed by atoms with van der Waals surface area (Å²) in [6.07, 6.45) is 2.07. The van der Waals surface area contributed by atoms with Crippen LogP contribution in [0.15, 0.2) is 48.7 Å². The quantitative estimate of drug-likeness (QED) is 0.773. The third-order valence-corrected chi connectivity index (χ3v) is 4.91. The van der Waals surface area contributed by atoms with Crippen LogP contribution >= 0.6 is 11.3 Å². The summed E-state index contributed by atoms with van der Waals surface area (Å²) < 4.78 is 0. The number of thiazole rings is 1. The van der Waals surface area contributed by atoms with E-state index in [2.05, 4.69) is 46.5 Å². The zero-order valence-electron chi connectivity index (χ0n) is 13.7. The normalized spacial score (nSPS) is 10.6. The van der Waals surface area contributed by atoms with Crippen LogP contribution in [0.5, 0.6) is 0 Å². The average Bonchev–Trinajstić information content (AvgIpc) is 2.95. The topological polar surface area (TPSA) is 54.9 Å². The van der Waals surface area contributed by atoms with Gasteiger partial charge in [0.1, 0.15) is 5.01 Å². The van der Waals surface area contributed by atoms with Crippen molar-refractivity contribution < 1.29 is 4.79 Å². The van der Waals surface area contributed by atoms with Crippen LogP contribution in [0.25, 0.3) is 10.6 Å². The Bertz CT molecular complexity index is 826. The smallest absolute Gasteiger partial charge is 0.225 e. The molecule has 2 aromatic heterocycles. The zero-order chi connectivity index (χ0) is 16.9. The Labute approximate surface area is 145 Å². The fourth-order valence-electron chi connectivity index (χ4n) is 2.31. The molecular weight excluding hydrogens is 318 g/mol. The van der Waals surface area contributed by atoms with Gasteiger partial charge in [0.25, 0.3) is 0 Å². The molecule has 0 aliphatic carbocycles. The summed E-state index contributed by atoms with van der Waals surface area (Å²) in [6, 6.07) is 14.0. The van der Waals surface area contributed by atoms with E-state index in [9.17, 15) is 4.79 Å². The number of hydrogen-bond donors (Lipinski definition) is 1. The van der Waals surface area contributed by atoms with Gasteiger partial charge < -0.3 is 5.32 Å². The van der Waals surface area contributed by atoms with E-state index < -0.39 is 0 Å². The molecule has 0 aliphatic heterocycles. The Balaban J connectivity index is 1.65. The molecule has 1 aromatic carbocycles. The van der Waals surface area contributed by atoms with Crippen LogP contribution in [-0.2, 0) is 17.8 Å². The summed E-state index contributed by atoms with van der Waals surface area (Å²) in [4.78, 5) is 22.0. The molecule has 3 aromatic rings. The van der Waals surface area contributed by atoms with E-state index in [1.54, 1.807) is 17.5 Å². The van der Waals surface area contributed by atoms with Crippen LogP contribution in [0.4, 0.5) is 0 Å². The van der Waals surface area contributed by atoms with Gasteiger partial charge in [-0.25, -0.2) is 4.98 Å². The number of aryl methyl sites for hydroxylation is 2. The van der Waals surface area contributed by atoms with Crippen molar-refractivity contribution in [2.75, 3.05) is 0 Å². The van der Waals surface area contributed by atoms with Gasteiger partial charge in [-0.1, -0.05) is 35.9 Å². The van der Waals surface area contributed by atoms with Gasteiger partial charge in [0.15, 0.2) is 0 Å². The standard InChI is InChI=1S/C19H19N3OS/c1-13-6-8-15(9-7-13)19-22-14(2)17(24-19)11-18(23)21-12-16-5-3-4-10-20-16/h3-10H,11-12H2,1-2H3,(H,21,23). The van der Waals surface area contributed by atoms with Gasteiger partial charge in [-0.05, 0) is 26.0 Å². The summed E-state index contributed by atoms with van der Waals surface area (Å²) in [5, 5.41) is 3.87. The molecule has 122 valence electrons. The second kappa shape index (κ2) is 7.36. The maximum Gasteiger partial charge on any atom is 0.225 e. The number of carbonyl (C=O) groups is 1. The van der Waals surface area contributed by atoms with Crippen LogP contribution in [0.1, 0.15) is 21.8 Å². The number of carbonyl (C=O) groups excluding carboxylic acids is 1. The molecule has 0 fully saturated rings. The van der Waals surface area contributed by atoms with Crippen LogP contribution < -0.4 is 5.32 Å². The number of pyridine rings is 1. The zero-order valence-corrected chi connectivity index (χ0v) is 14.6. The molecule has 0 saturated carbocycles. The van der Waals surface area contributed by atoms with Gasteiger partial charge in [0.2, 0.25) is 5.91 Å². The lowest BCUT2D eigenvalue weighted by Gasteiger charge is -2.03. The Kier molecular flexibility index (Phi) is 5.01. The molecular formula is C19H19N3OS. The van der Waals surface area contributed by atoms with Crippen molar-refractivity contribution in [2.45, 2.75) is 26.8 Å². The predicted octanol–water partition coefficient (Wildman–Crippen LogP) is 3.68. The molecule has 2 heterocycles. The molecule has 0 aliphatic rings. The van der Waals surface area contributed by atoms with Crippen molar-refractivity contribution in [1.82, 2.24) is 15.3 Å². The average molecular weight is 337 g/mol. The fourth-order valence-corrected chi connectivity index (χ4v) is 3.38. The second-order valence-corrected chi connectivity index (χ2v) is 6.75. The van der Waals surface area contributed by atoms with Gasteiger partial charge >= 0.3 is 0 Å². The SMILES string of the molecule is Cc1ccc(-c2nc(C)c(CC(=O)NCc3ccccn3)s2)cc1. The minimum absolute atomic E-state index is 0.0112. The first-order valence-electron chi connectivity index (χ1n) is 7.82. The van der Waals surface area contributed by atoms with E-state index in [1.807, 2.05) is 25.1 Å². The first-order valence-corrected chi connectivity index (χ1v) is 8.63. The molecule has 4 nitrogen and oxygen atoms in total. The van der Waals surface area contributed by atoms with Crippen molar-refractivity contribution in [2.24, 2.45) is 0 Å². The highest BCUT2D eigenvalue weighted by atomic mass is 32.1. The lowest BCUT2D eigenvalue weighted by atomic mass is 10.2. The largest absolute Gasteiger partial charge is 0.350 e. The third kappa shape index (κ3) is 4.06. The second-order valence-electron chi connectivity index (χ2n) is 5.67. The van der Waals surface area contributed by atoms with E-state index in [-0.39, 0.29) is 5.91 Å². The molecule has 1 amide bonds. The van der Waals surface area contributed by atoms with Crippen LogP contribution in [0.2, 0.25) is 0 Å². The van der Waals surface area contributed by atoms with Gasteiger partial charge in [0, 0.05) is 16.6 Å². The lowest BCUT2D eigenvalue weighted by molar-refractivity contribution is -0.120. The molecule has 0 atom stereocenters. The maximum atomic E-state index is 12.2. The van der Waals surface area contributed by atoms with E-state index in [1.165, 1.54) is 5.56 Å². The van der Waals surface area contributed by atoms with Crippen molar-refractivity contribution in [3.63, 3.8) is 0 Å². The Morgan fingerprint density at radius 2 is 1.92 bits per heavy atom. The highest BCUT2D eigenvalue weighted by Gasteiger charge is 2.13. The number of benzene rings is 1. The molecule has 3 rings (SSSR count). The van der Waals surface area contributed by atoms with Gasteiger partial charge in [-0.2, -0.15) is 0 Å². The van der Waals surface area contributed by atoms with Crippen molar-refractivity contribution in [3.05, 3.63) is 70.5 Å². The van der Waals surface area contributed by atoms with Crippen LogP contribution in [0, 0.1) is 13.8 Å². The molecule has 24 heavy (non-hydrogen) atoms. The lowest BCUT2D eigenvalue weighted by Crippen LogP contribution is -2.24. The Morgan fingerprint density at radius 3 is 2.62 bits per heavy atom. The van der Waals surface area contributed by atoms with E-state index in [0.717, 1.165) is 26.8 Å². The van der Waals surface area contributed by atoms with Gasteiger partial charge in [-0.15, -0.1) is 11.3 Å². The van der Waals surface area contributed by atoms with Crippen molar-refractivity contribution in [1.29, 1.82) is 0 Å². The van der Waals surface area contributed by atoms with Gasteiger partial charge in [0.05, 0.1) is 24.4 Å². The molecule has 0 radical (unpaired) electrons. The van der Waals surface area contributed by atoms with Crippen molar-refractivity contribution >= 4 is 17.2 Å². The highest BCUT2D eigenvalue weighted by molar-refractivity contribution is 7.15. The minimum Gasteiger partial charge on any atom is -0.350 e. The first kappa shape index (κ1) is 16.3. The maximum absolute atomic E-state index is 12.2. The molecule has 0 saturated heterocycles. The molecule has 0 spiro atoms. The first-order chi connectivity index (χ1) is 11.6. The summed E-state index contributed by atoms with van der Waals surface area (Å²) in [5.74, 6) is -0.0112.